The largest absolute Gasteiger partial charge is 0.465 e. The summed E-state index contributed by atoms with van der Waals surface area (Å²) in [5.74, 6) is 0.722. The quantitative estimate of drug-likeness (QED) is 0.143. The Morgan fingerprint density at radius 2 is 1.33 bits per heavy atom. The molecule has 0 bridgehead atoms. The standard InChI is InChI=1S/C25H28BrNO2.C25H27NO2/c1-29-25(28)20-13-14-21-22(18-8-3-2-4-9-18)17-27(24(21)16-20)15-7-11-19-10-5-6-12-23(19)26;1-28-25(27)19-13-14-21-22(16-19)26-15-7-11-17-8-5-6-12-20(17)24(26)23(21)18-9-3-2-4-10-18/h5-6,10,12-14,16-18H,2-4,7-9,11,15H2,1H3;5-6,8,12-14,16,18H,2-4,7,9-11,15H2,1H3. The Balaban J connectivity index is 0.000000160. The Morgan fingerprint density at radius 3 is 2.04 bits per heavy atom. The van der Waals surface area contributed by atoms with E-state index in [1.165, 1.54) is 133 Å². The van der Waals surface area contributed by atoms with Gasteiger partial charge < -0.3 is 18.6 Å². The molecule has 2 saturated carbocycles. The lowest BCUT2D eigenvalue weighted by molar-refractivity contribution is 0.0592. The van der Waals surface area contributed by atoms with Gasteiger partial charge in [-0.25, -0.2) is 9.59 Å². The van der Waals surface area contributed by atoms with Gasteiger partial charge in [-0.3, -0.25) is 0 Å². The van der Waals surface area contributed by atoms with Gasteiger partial charge >= 0.3 is 11.9 Å². The summed E-state index contributed by atoms with van der Waals surface area (Å²) in [4.78, 5) is 24.2. The van der Waals surface area contributed by atoms with E-state index in [2.05, 4.69) is 91.9 Å². The number of hydrogen-bond donors (Lipinski definition) is 0. The van der Waals surface area contributed by atoms with Crippen LogP contribution in [0.15, 0.2) is 95.6 Å². The number of hydrogen-bond acceptors (Lipinski definition) is 4. The van der Waals surface area contributed by atoms with Crippen LogP contribution in [0, 0.1) is 0 Å². The van der Waals surface area contributed by atoms with Crippen molar-refractivity contribution in [1.82, 2.24) is 9.13 Å². The first-order chi connectivity index (χ1) is 27.9. The van der Waals surface area contributed by atoms with Gasteiger partial charge in [0, 0.05) is 51.1 Å². The highest BCUT2D eigenvalue weighted by Crippen LogP contribution is 2.46. The Labute approximate surface area is 345 Å². The molecule has 3 aliphatic rings. The Morgan fingerprint density at radius 1 is 0.702 bits per heavy atom. The summed E-state index contributed by atoms with van der Waals surface area (Å²) in [7, 11) is 2.89. The minimum atomic E-state index is -0.271. The number of fused-ring (bicyclic) bond motifs is 6. The van der Waals surface area contributed by atoms with E-state index in [1.807, 2.05) is 24.3 Å². The lowest BCUT2D eigenvalue weighted by Gasteiger charge is -2.24. The first-order valence-corrected chi connectivity index (χ1v) is 22.0. The van der Waals surface area contributed by atoms with Crippen molar-refractivity contribution in [2.45, 2.75) is 115 Å². The van der Waals surface area contributed by atoms with Crippen LogP contribution in [0.2, 0.25) is 0 Å². The molecule has 7 heteroatoms. The third-order valence-electron chi connectivity index (χ3n) is 12.8. The van der Waals surface area contributed by atoms with Gasteiger partial charge in [-0.1, -0.05) is 109 Å². The second-order valence-corrected chi connectivity index (χ2v) is 17.1. The van der Waals surface area contributed by atoms with E-state index >= 15 is 0 Å². The summed E-state index contributed by atoms with van der Waals surface area (Å²) in [6.45, 7) is 1.94. The average molecular weight is 828 g/mol. The van der Waals surface area contributed by atoms with Gasteiger partial charge in [0.15, 0.2) is 0 Å². The van der Waals surface area contributed by atoms with E-state index in [-0.39, 0.29) is 11.9 Å². The van der Waals surface area contributed by atoms with E-state index in [0.717, 1.165) is 44.3 Å². The van der Waals surface area contributed by atoms with Crippen LogP contribution in [-0.2, 0) is 35.4 Å². The number of methoxy groups -OCH3 is 2. The van der Waals surface area contributed by atoms with Gasteiger partial charge in [-0.15, -0.1) is 0 Å². The van der Waals surface area contributed by atoms with Crippen LogP contribution in [-0.4, -0.2) is 35.3 Å². The maximum absolute atomic E-state index is 12.2. The molecule has 2 fully saturated rings. The molecule has 0 N–H and O–H groups in total. The van der Waals surface area contributed by atoms with Crippen molar-refractivity contribution in [1.29, 1.82) is 0 Å². The number of carbonyl (C=O) groups is 2. The highest BCUT2D eigenvalue weighted by molar-refractivity contribution is 9.10. The zero-order valence-electron chi connectivity index (χ0n) is 33.5. The van der Waals surface area contributed by atoms with Crippen molar-refractivity contribution in [3.8, 4) is 11.3 Å². The molecule has 0 unspecified atom stereocenters. The number of benzene rings is 4. The third-order valence-corrected chi connectivity index (χ3v) is 13.6. The van der Waals surface area contributed by atoms with Gasteiger partial charge in [0.1, 0.15) is 0 Å². The van der Waals surface area contributed by atoms with Crippen molar-refractivity contribution in [3.63, 3.8) is 0 Å². The number of ether oxygens (including phenoxy) is 2. The summed E-state index contributed by atoms with van der Waals surface area (Å²) in [5.41, 5.74) is 12.2. The molecular formula is C50H55BrN2O4. The fraction of sp³-hybridized carbons (Fsp3) is 0.400. The number of nitrogens with zero attached hydrogens (tertiary/aromatic N) is 2. The maximum atomic E-state index is 12.2. The fourth-order valence-corrected chi connectivity index (χ4v) is 10.5. The summed E-state index contributed by atoms with van der Waals surface area (Å²) >= 11 is 3.65. The number of esters is 2. The Kier molecular flexibility index (Phi) is 12.3. The Bertz CT molecular complexity index is 2380. The molecule has 6 aromatic rings. The van der Waals surface area contributed by atoms with Gasteiger partial charge in [-0.2, -0.15) is 0 Å². The SMILES string of the molecule is COC(=O)c1ccc2c(C3CCCCC3)c3n(c2c1)CCCc1ccccc1-3.COC(=O)c1ccc2c(C3CCCCC3)cn(CCCc3ccccc3Br)c2c1. The zero-order valence-corrected chi connectivity index (χ0v) is 35.1. The molecule has 296 valence electrons. The minimum absolute atomic E-state index is 0.259. The monoisotopic (exact) mass is 826 g/mol. The van der Waals surface area contributed by atoms with Crippen LogP contribution in [0.4, 0.5) is 0 Å². The van der Waals surface area contributed by atoms with E-state index in [1.54, 1.807) is 0 Å². The molecule has 57 heavy (non-hydrogen) atoms. The number of aryl methyl sites for hydroxylation is 4. The van der Waals surface area contributed by atoms with Crippen molar-refractivity contribution < 1.29 is 19.1 Å². The van der Waals surface area contributed by atoms with E-state index < -0.39 is 0 Å². The number of carbonyl (C=O) groups excluding carboxylic acids is 2. The van der Waals surface area contributed by atoms with Crippen molar-refractivity contribution in [3.05, 3.63) is 129 Å². The summed E-state index contributed by atoms with van der Waals surface area (Å²) < 4.78 is 15.9. The van der Waals surface area contributed by atoms with Crippen LogP contribution in [0.3, 0.4) is 0 Å². The van der Waals surface area contributed by atoms with Crippen LogP contribution >= 0.6 is 15.9 Å². The van der Waals surface area contributed by atoms with Gasteiger partial charge in [0.2, 0.25) is 0 Å². The van der Waals surface area contributed by atoms with Crippen LogP contribution in [0.1, 0.15) is 132 Å². The van der Waals surface area contributed by atoms with E-state index in [9.17, 15) is 9.59 Å². The smallest absolute Gasteiger partial charge is 0.337 e. The molecule has 1 aliphatic heterocycles. The number of halogens is 1. The molecule has 0 amide bonds. The Hall–Kier alpha value is -4.62. The highest BCUT2D eigenvalue weighted by atomic mass is 79.9. The molecule has 0 spiro atoms. The summed E-state index contributed by atoms with van der Waals surface area (Å²) in [6.07, 6.45) is 19.7. The van der Waals surface area contributed by atoms with Crippen LogP contribution in [0.5, 0.6) is 0 Å². The fourth-order valence-electron chi connectivity index (χ4n) is 9.98. The van der Waals surface area contributed by atoms with E-state index in [0.29, 0.717) is 23.0 Å². The first-order valence-electron chi connectivity index (χ1n) is 21.2. The van der Waals surface area contributed by atoms with Crippen molar-refractivity contribution in [2.75, 3.05) is 14.2 Å². The van der Waals surface area contributed by atoms with Gasteiger partial charge in [-0.05, 0) is 116 Å². The maximum Gasteiger partial charge on any atom is 0.337 e. The normalized spacial score (nSPS) is 16.0. The topological polar surface area (TPSA) is 62.5 Å². The summed E-state index contributed by atoms with van der Waals surface area (Å²) in [5, 5.41) is 2.62. The number of aromatic nitrogens is 2. The predicted octanol–water partition coefficient (Wildman–Crippen LogP) is 13.0. The van der Waals surface area contributed by atoms with Gasteiger partial charge in [0.05, 0.1) is 31.0 Å². The minimum Gasteiger partial charge on any atom is -0.465 e. The first kappa shape index (κ1) is 39.2. The van der Waals surface area contributed by atoms with Crippen molar-refractivity contribution >= 4 is 49.7 Å². The highest BCUT2D eigenvalue weighted by Gasteiger charge is 2.29. The molecule has 0 saturated heterocycles. The molecule has 3 heterocycles. The molecule has 2 aliphatic carbocycles. The lowest BCUT2D eigenvalue weighted by Crippen LogP contribution is -2.06. The van der Waals surface area contributed by atoms with E-state index in [4.69, 9.17) is 9.47 Å². The van der Waals surface area contributed by atoms with Crippen molar-refractivity contribution in [2.24, 2.45) is 0 Å². The summed E-state index contributed by atoms with van der Waals surface area (Å²) in [6, 6.07) is 29.5. The van der Waals surface area contributed by atoms with Gasteiger partial charge in [0.25, 0.3) is 0 Å². The number of rotatable bonds is 8. The molecule has 6 nitrogen and oxygen atoms in total. The zero-order chi connectivity index (χ0) is 39.3. The predicted molar refractivity (Wildman–Crippen MR) is 234 cm³/mol. The molecule has 0 radical (unpaired) electrons. The molecule has 2 aromatic heterocycles. The third kappa shape index (κ3) is 8.23. The van der Waals surface area contributed by atoms with Crippen LogP contribution in [0.25, 0.3) is 33.1 Å². The molecule has 0 atom stereocenters. The average Bonchev–Trinajstić information content (AvgIpc) is 3.72. The molecular weight excluding hydrogens is 772 g/mol. The lowest BCUT2D eigenvalue weighted by atomic mass is 9.81. The van der Waals surface area contributed by atoms with Crippen LogP contribution < -0.4 is 0 Å². The second kappa shape index (κ2) is 17.9. The molecule has 4 aromatic carbocycles. The molecule has 9 rings (SSSR count). The second-order valence-electron chi connectivity index (χ2n) is 16.3.